The van der Waals surface area contributed by atoms with Crippen LogP contribution in [0.5, 0.6) is 0 Å². The van der Waals surface area contributed by atoms with E-state index in [0.29, 0.717) is 0 Å². The maximum Gasteiger partial charge on any atom is 0.143 e. The van der Waals surface area contributed by atoms with Crippen molar-refractivity contribution in [3.8, 4) is 55.6 Å². The van der Waals surface area contributed by atoms with Crippen molar-refractivity contribution >= 4 is 21.9 Å². The van der Waals surface area contributed by atoms with Crippen LogP contribution in [0.25, 0.3) is 77.6 Å². The number of hydrogen-bond acceptors (Lipinski definition) is 1. The van der Waals surface area contributed by atoms with Crippen LogP contribution in [0.4, 0.5) is 0 Å². The predicted octanol–water partition coefficient (Wildman–Crippen LogP) is 9.85. The minimum atomic E-state index is 0.964. The molecule has 0 amide bonds. The molecule has 0 spiro atoms. The predicted molar refractivity (Wildman–Crippen MR) is 166 cm³/mol. The van der Waals surface area contributed by atoms with Gasteiger partial charge in [0, 0.05) is 16.3 Å². The molecule has 0 aliphatic heterocycles. The van der Waals surface area contributed by atoms with Crippen LogP contribution < -0.4 is 0 Å². The lowest BCUT2D eigenvalue weighted by Gasteiger charge is -2.23. The van der Waals surface area contributed by atoms with Gasteiger partial charge in [0.25, 0.3) is 0 Å². The summed E-state index contributed by atoms with van der Waals surface area (Å²) < 4.78 is 6.61. The van der Waals surface area contributed by atoms with Crippen molar-refractivity contribution in [3.05, 3.63) is 129 Å². The number of para-hydroxylation sites is 2. The molecule has 0 unspecified atom stereocenters. The lowest BCUT2D eigenvalue weighted by molar-refractivity contribution is 0.670. The van der Waals surface area contributed by atoms with Crippen LogP contribution in [0, 0.1) is 0 Å². The fourth-order valence-electron chi connectivity index (χ4n) is 9.33. The highest BCUT2D eigenvalue weighted by atomic mass is 16.3. The zero-order valence-electron chi connectivity index (χ0n) is 22.3. The van der Waals surface area contributed by atoms with Crippen molar-refractivity contribution in [2.75, 3.05) is 0 Å². The molecular weight excluding hydrogens is 496 g/mol. The Morgan fingerprint density at radius 1 is 0.390 bits per heavy atom. The van der Waals surface area contributed by atoms with Gasteiger partial charge in [-0.2, -0.15) is 0 Å². The molecule has 0 radical (unpaired) electrons. The van der Waals surface area contributed by atoms with Crippen LogP contribution in [0.15, 0.2) is 89.3 Å². The Morgan fingerprint density at radius 2 is 0.902 bits per heavy atom. The van der Waals surface area contributed by atoms with Crippen LogP contribution in [-0.2, 0) is 25.7 Å². The van der Waals surface area contributed by atoms with Crippen LogP contribution in [0.1, 0.15) is 44.5 Å². The first-order chi connectivity index (χ1) is 20.3. The van der Waals surface area contributed by atoms with E-state index in [1.807, 2.05) is 0 Å². The number of rotatable bonds is 1. The highest BCUT2D eigenvalue weighted by Gasteiger charge is 2.42. The number of benzene rings is 6. The monoisotopic (exact) mass is 518 g/mol. The zero-order chi connectivity index (χ0) is 26.1. The molecule has 0 saturated heterocycles. The number of hydrogen-bond donors (Lipinski definition) is 0. The minimum Gasteiger partial charge on any atom is -0.455 e. The van der Waals surface area contributed by atoms with E-state index in [9.17, 15) is 0 Å². The standard InChI is InChI=1S/C40H22O/c1-2-7-31-26(4-1)27-5-3-6-28(40(27)41-31)29-18-25-16-23-11-10-21-14-19-8-9-20-15-22-12-13-24-17-30(29)39-37(24)35(22)33(20)32(19)34(21)36(23)38(25)39/h1-13,18H,14-17H2. The smallest absolute Gasteiger partial charge is 0.143 e. The van der Waals surface area contributed by atoms with Gasteiger partial charge in [-0.05, 0) is 132 Å². The van der Waals surface area contributed by atoms with Crippen LogP contribution in [0.3, 0.4) is 0 Å². The van der Waals surface area contributed by atoms with E-state index >= 15 is 0 Å². The van der Waals surface area contributed by atoms with Gasteiger partial charge in [-0.1, -0.05) is 72.8 Å². The summed E-state index contributed by atoms with van der Waals surface area (Å²) in [5, 5.41) is 2.40. The molecule has 0 fully saturated rings. The van der Waals surface area contributed by atoms with E-state index < -0.39 is 0 Å². The largest absolute Gasteiger partial charge is 0.455 e. The van der Waals surface area contributed by atoms with Gasteiger partial charge in [-0.3, -0.25) is 0 Å². The average molecular weight is 519 g/mol. The van der Waals surface area contributed by atoms with Gasteiger partial charge in [0.05, 0.1) is 0 Å². The van der Waals surface area contributed by atoms with E-state index in [4.69, 9.17) is 4.42 Å². The Labute approximate surface area is 236 Å². The number of fused-ring (bicyclic) bond motifs is 3. The average Bonchev–Trinajstić information content (AvgIpc) is 3.78. The van der Waals surface area contributed by atoms with E-state index in [-0.39, 0.29) is 0 Å². The zero-order valence-corrected chi connectivity index (χ0v) is 22.3. The third kappa shape index (κ3) is 2.11. The minimum absolute atomic E-state index is 0.964. The Balaban J connectivity index is 1.28. The van der Waals surface area contributed by atoms with Crippen molar-refractivity contribution in [1.29, 1.82) is 0 Å². The summed E-state index contributed by atoms with van der Waals surface area (Å²) in [5.74, 6) is 0. The highest BCUT2D eigenvalue weighted by Crippen LogP contribution is 2.63. The van der Waals surface area contributed by atoms with Crippen molar-refractivity contribution in [3.63, 3.8) is 0 Å². The third-order valence-electron chi connectivity index (χ3n) is 10.9. The molecule has 1 nitrogen and oxygen atoms in total. The van der Waals surface area contributed by atoms with Crippen LogP contribution in [-0.4, -0.2) is 0 Å². The van der Waals surface area contributed by atoms with Crippen molar-refractivity contribution in [1.82, 2.24) is 0 Å². The molecule has 1 heteroatoms. The molecule has 0 bridgehead atoms. The van der Waals surface area contributed by atoms with Gasteiger partial charge in [0.1, 0.15) is 11.2 Å². The summed E-state index contributed by atoms with van der Waals surface area (Å²) in [6.07, 6.45) is 4.08. The second-order valence-electron chi connectivity index (χ2n) is 12.7. The van der Waals surface area contributed by atoms with Crippen molar-refractivity contribution in [2.45, 2.75) is 25.7 Å². The molecule has 188 valence electrons. The molecular formula is C40H22O. The summed E-state index contributed by atoms with van der Waals surface area (Å²) in [5.41, 5.74) is 28.8. The summed E-state index contributed by atoms with van der Waals surface area (Å²) in [4.78, 5) is 0. The van der Waals surface area contributed by atoms with Gasteiger partial charge in [-0.25, -0.2) is 0 Å². The van der Waals surface area contributed by atoms with Crippen molar-refractivity contribution in [2.24, 2.45) is 0 Å². The fraction of sp³-hybridized carbons (Fsp3) is 0.100. The number of furan rings is 1. The first-order valence-corrected chi connectivity index (χ1v) is 14.9. The van der Waals surface area contributed by atoms with Crippen molar-refractivity contribution < 1.29 is 4.42 Å². The third-order valence-corrected chi connectivity index (χ3v) is 10.9. The molecule has 0 saturated carbocycles. The molecule has 12 rings (SSSR count). The molecule has 5 aliphatic rings. The molecule has 5 aliphatic carbocycles. The Bertz CT molecular complexity index is 2470. The Morgan fingerprint density at radius 3 is 1.56 bits per heavy atom. The van der Waals surface area contributed by atoms with Crippen LogP contribution in [0.2, 0.25) is 0 Å². The van der Waals surface area contributed by atoms with Gasteiger partial charge in [-0.15, -0.1) is 0 Å². The summed E-state index contributed by atoms with van der Waals surface area (Å²) in [6.45, 7) is 0. The first-order valence-electron chi connectivity index (χ1n) is 14.9. The maximum atomic E-state index is 6.61. The quantitative estimate of drug-likeness (QED) is 0.211. The SMILES string of the molecule is c1ccc2c(c1)oc1c(-c3cc4c5c6c3Cc3ccc7c(c3-6)-c3c(ccc6c3-c3c(ccc(c3-5)C4)C6)C7)cccc12. The first kappa shape index (κ1) is 20.1. The molecule has 1 heterocycles. The highest BCUT2D eigenvalue weighted by molar-refractivity contribution is 6.16. The van der Waals surface area contributed by atoms with Gasteiger partial charge >= 0.3 is 0 Å². The molecule has 6 aromatic carbocycles. The summed E-state index contributed by atoms with van der Waals surface area (Å²) >= 11 is 0. The van der Waals surface area contributed by atoms with E-state index in [1.54, 1.807) is 16.7 Å². The van der Waals surface area contributed by atoms with Gasteiger partial charge < -0.3 is 4.42 Å². The molecule has 7 aromatic rings. The molecule has 41 heavy (non-hydrogen) atoms. The lowest BCUT2D eigenvalue weighted by Crippen LogP contribution is -1.98. The van der Waals surface area contributed by atoms with E-state index in [2.05, 4.69) is 84.9 Å². The second-order valence-corrected chi connectivity index (χ2v) is 12.7. The second kappa shape index (κ2) is 6.37. The van der Waals surface area contributed by atoms with E-state index in [0.717, 1.165) is 36.8 Å². The van der Waals surface area contributed by atoms with Gasteiger partial charge in [0.2, 0.25) is 0 Å². The summed E-state index contributed by atoms with van der Waals surface area (Å²) in [7, 11) is 0. The lowest BCUT2D eigenvalue weighted by atomic mass is 9.80. The Hall–Kier alpha value is -4.88. The molecule has 0 N–H and O–H groups in total. The van der Waals surface area contributed by atoms with Crippen LogP contribution >= 0.6 is 0 Å². The topological polar surface area (TPSA) is 13.1 Å². The Kier molecular flexibility index (Phi) is 3.12. The van der Waals surface area contributed by atoms with E-state index in [1.165, 1.54) is 94.2 Å². The molecule has 0 atom stereocenters. The maximum absolute atomic E-state index is 6.61. The molecule has 1 aromatic heterocycles. The fourth-order valence-corrected chi connectivity index (χ4v) is 9.33. The summed E-state index contributed by atoms with van der Waals surface area (Å²) in [6, 6.07) is 32.3. The normalized spacial score (nSPS) is 14.9. The van der Waals surface area contributed by atoms with Gasteiger partial charge in [0.15, 0.2) is 0 Å².